The highest BCUT2D eigenvalue weighted by atomic mass is 15.0. The minimum atomic E-state index is 0. The second-order valence-electron chi connectivity index (χ2n) is 14.5. The van der Waals surface area contributed by atoms with E-state index in [4.69, 9.17) is 9.97 Å². The molecule has 5 heterocycles. The van der Waals surface area contributed by atoms with Gasteiger partial charge in [0.1, 0.15) is 11.4 Å². The van der Waals surface area contributed by atoms with Gasteiger partial charge in [-0.1, -0.05) is 83.7 Å². The van der Waals surface area contributed by atoms with Crippen molar-refractivity contribution in [3.05, 3.63) is 193 Å². The Morgan fingerprint density at radius 3 is 1.05 bits per heavy atom. The first-order chi connectivity index (χ1) is 26.4. The van der Waals surface area contributed by atoms with Gasteiger partial charge in [-0.25, -0.2) is 9.97 Å². The van der Waals surface area contributed by atoms with Gasteiger partial charge in [-0.3, -0.25) is 0 Å². The van der Waals surface area contributed by atoms with Crippen LogP contribution in [0.15, 0.2) is 171 Å². The lowest BCUT2D eigenvalue weighted by molar-refractivity contribution is -0.694. The van der Waals surface area contributed by atoms with Crippen LogP contribution >= 0.6 is 0 Å². The van der Waals surface area contributed by atoms with Crippen molar-refractivity contribution >= 4 is 11.0 Å². The van der Waals surface area contributed by atoms with Crippen LogP contribution in [-0.4, -0.2) is 9.97 Å². The topological polar surface area (TPSA) is 41.3 Å². The monoisotopic (exact) mass is 722 g/mol. The average Bonchev–Trinajstić information content (AvgIpc) is 3.22. The quantitative estimate of drug-likeness (QED) is 0.132. The highest BCUT2D eigenvalue weighted by molar-refractivity contribution is 5.74. The fourth-order valence-corrected chi connectivity index (χ4v) is 7.16. The van der Waals surface area contributed by atoms with E-state index in [0.717, 1.165) is 22.4 Å². The number of hydrogen-bond donors (Lipinski definition) is 0. The van der Waals surface area contributed by atoms with Crippen LogP contribution in [0.4, 0.5) is 0 Å². The summed E-state index contributed by atoms with van der Waals surface area (Å²) in [6.07, 6.45) is 17.2. The lowest BCUT2D eigenvalue weighted by atomic mass is 10.0. The maximum absolute atomic E-state index is 5.12. The number of fused-ring (bicyclic) bond motifs is 1. The van der Waals surface area contributed by atoms with E-state index in [9.17, 15) is 0 Å². The molecule has 272 valence electrons. The zero-order valence-electron chi connectivity index (χ0n) is 31.4. The molecule has 8 rings (SSSR count). The Bertz CT molecular complexity index is 2340. The fraction of sp³-hybridized carbons (Fsp3) is 0.184. The van der Waals surface area contributed by atoms with Crippen LogP contribution in [0.5, 0.6) is 0 Å². The maximum atomic E-state index is 5.12. The molecular weight excluding hydrogens is 673 g/mol. The molecule has 5 aromatic heterocycles. The highest BCUT2D eigenvalue weighted by Gasteiger charge is 2.19. The Kier molecular flexibility index (Phi) is 11.0. The van der Waals surface area contributed by atoms with Gasteiger partial charge in [0.05, 0.1) is 11.0 Å². The summed E-state index contributed by atoms with van der Waals surface area (Å²) >= 11 is 0. The van der Waals surface area contributed by atoms with Gasteiger partial charge in [0, 0.05) is 71.8 Å². The molecule has 55 heavy (non-hydrogen) atoms. The zero-order chi connectivity index (χ0) is 37.0. The van der Waals surface area contributed by atoms with Crippen LogP contribution in [0, 0.1) is 0 Å². The molecule has 0 radical (unpaired) electrons. The minimum absolute atomic E-state index is 0. The smallest absolute Gasteiger partial charge is 0.214 e. The SMILES string of the molecule is C.CC(C)c1ccccc1-[n+]1ccc(-c2cc[n+](Cc3nc4ccccc4nc3C[n+]3ccc(-c4cc[n+](-c5ccccc5C(C)C)cc4)cc3)cc2)cc1. The van der Waals surface area contributed by atoms with Gasteiger partial charge >= 0.3 is 0 Å². The number of nitrogens with zero attached hydrogens (tertiary/aromatic N) is 6. The molecule has 0 aliphatic heterocycles. The van der Waals surface area contributed by atoms with Gasteiger partial charge in [0.25, 0.3) is 0 Å². The number of para-hydroxylation sites is 4. The van der Waals surface area contributed by atoms with Crippen molar-refractivity contribution in [2.75, 3.05) is 0 Å². The van der Waals surface area contributed by atoms with Crippen molar-refractivity contribution in [2.24, 2.45) is 0 Å². The molecule has 0 aliphatic carbocycles. The third kappa shape index (κ3) is 8.09. The average molecular weight is 723 g/mol. The van der Waals surface area contributed by atoms with Gasteiger partial charge in [-0.15, -0.1) is 0 Å². The second kappa shape index (κ2) is 16.3. The fourth-order valence-electron chi connectivity index (χ4n) is 7.16. The molecule has 3 aromatic carbocycles. The van der Waals surface area contributed by atoms with E-state index in [-0.39, 0.29) is 7.43 Å². The Labute approximate surface area is 325 Å². The van der Waals surface area contributed by atoms with Crippen molar-refractivity contribution in [1.29, 1.82) is 0 Å². The summed E-state index contributed by atoms with van der Waals surface area (Å²) in [7, 11) is 0. The number of aromatic nitrogens is 6. The number of pyridine rings is 4. The van der Waals surface area contributed by atoms with Gasteiger partial charge in [-0.2, -0.15) is 18.3 Å². The molecule has 0 aliphatic rings. The largest absolute Gasteiger partial charge is 0.242 e. The number of hydrogen-bond acceptors (Lipinski definition) is 2. The van der Waals surface area contributed by atoms with E-state index in [1.165, 1.54) is 44.8 Å². The zero-order valence-corrected chi connectivity index (χ0v) is 31.4. The van der Waals surface area contributed by atoms with Crippen molar-refractivity contribution in [2.45, 2.75) is 60.0 Å². The minimum Gasteiger partial charge on any atom is -0.242 e. The summed E-state index contributed by atoms with van der Waals surface area (Å²) in [6.45, 7) is 10.2. The summed E-state index contributed by atoms with van der Waals surface area (Å²) in [5, 5.41) is 0. The molecule has 0 saturated heterocycles. The first-order valence-corrected chi connectivity index (χ1v) is 18.8. The van der Waals surface area contributed by atoms with E-state index in [2.05, 4.69) is 193 Å². The molecule has 0 bridgehead atoms. The first kappa shape index (κ1) is 36.9. The Balaban J connectivity index is 0.00000465. The maximum Gasteiger partial charge on any atom is 0.214 e. The van der Waals surface area contributed by atoms with Crippen LogP contribution in [-0.2, 0) is 13.1 Å². The number of rotatable bonds is 10. The summed E-state index contributed by atoms with van der Waals surface area (Å²) in [4.78, 5) is 10.2. The van der Waals surface area contributed by atoms with Gasteiger partial charge < -0.3 is 0 Å². The van der Waals surface area contributed by atoms with E-state index in [0.29, 0.717) is 24.9 Å². The Morgan fingerprint density at radius 1 is 0.400 bits per heavy atom. The van der Waals surface area contributed by atoms with Gasteiger partial charge in [0.15, 0.2) is 62.7 Å². The third-order valence-electron chi connectivity index (χ3n) is 10.2. The molecule has 0 atom stereocenters. The molecule has 0 fully saturated rings. The van der Waals surface area contributed by atoms with Crippen molar-refractivity contribution < 1.29 is 18.3 Å². The molecule has 8 aromatic rings. The molecule has 0 N–H and O–H groups in total. The van der Waals surface area contributed by atoms with Crippen LogP contribution in [0.25, 0.3) is 44.7 Å². The van der Waals surface area contributed by atoms with Crippen LogP contribution < -0.4 is 18.3 Å². The van der Waals surface area contributed by atoms with Gasteiger partial charge in [0.2, 0.25) is 11.4 Å². The first-order valence-electron chi connectivity index (χ1n) is 18.8. The third-order valence-corrected chi connectivity index (χ3v) is 10.2. The summed E-state index contributed by atoms with van der Waals surface area (Å²) in [5.41, 5.74) is 13.6. The van der Waals surface area contributed by atoms with Crippen molar-refractivity contribution in [3.63, 3.8) is 0 Å². The van der Waals surface area contributed by atoms with E-state index in [1.807, 2.05) is 24.3 Å². The lowest BCUT2D eigenvalue weighted by Crippen LogP contribution is -2.38. The van der Waals surface area contributed by atoms with Crippen LogP contribution in [0.2, 0.25) is 0 Å². The Hall–Kier alpha value is -6.40. The molecular formula is C49H50N6+4. The van der Waals surface area contributed by atoms with E-state index < -0.39 is 0 Å². The molecule has 0 amide bonds. The highest BCUT2D eigenvalue weighted by Crippen LogP contribution is 2.23. The molecule has 6 heteroatoms. The van der Waals surface area contributed by atoms with Crippen LogP contribution in [0.3, 0.4) is 0 Å². The standard InChI is InChI=1S/C48H46N6.CH4/c1-35(2)41-11-5-9-15-47(41)53-29-21-39(22-30-53)37-17-25-51(26-18-37)33-45-46(50-44-14-8-7-13-43(44)49-45)34-52-27-19-38(20-28-52)40-23-31-54(32-24-40)48-16-10-6-12-42(48)36(3)4;/h5-32,35-36H,33-34H2,1-4H3;1H4/q+4;. The second-order valence-corrected chi connectivity index (χ2v) is 14.5. The summed E-state index contributed by atoms with van der Waals surface area (Å²) in [5.74, 6) is 0.911. The number of benzene rings is 3. The lowest BCUT2D eigenvalue weighted by Gasteiger charge is -2.08. The Morgan fingerprint density at radius 2 is 0.709 bits per heavy atom. The molecule has 6 nitrogen and oxygen atoms in total. The summed E-state index contributed by atoms with van der Waals surface area (Å²) < 4.78 is 8.78. The van der Waals surface area contributed by atoms with E-state index >= 15 is 0 Å². The normalized spacial score (nSPS) is 11.2. The van der Waals surface area contributed by atoms with Crippen molar-refractivity contribution in [3.8, 4) is 33.6 Å². The predicted molar refractivity (Wildman–Crippen MR) is 220 cm³/mol. The van der Waals surface area contributed by atoms with E-state index in [1.54, 1.807) is 0 Å². The van der Waals surface area contributed by atoms with Crippen LogP contribution in [0.1, 0.15) is 69.5 Å². The molecule has 0 spiro atoms. The molecule has 0 saturated carbocycles. The predicted octanol–water partition coefficient (Wildman–Crippen LogP) is 9.07. The van der Waals surface area contributed by atoms with Crippen molar-refractivity contribution in [1.82, 2.24) is 9.97 Å². The summed E-state index contributed by atoms with van der Waals surface area (Å²) in [6, 6.07) is 42.8. The molecule has 0 unspecified atom stereocenters. The van der Waals surface area contributed by atoms with Gasteiger partial charge in [-0.05, 0) is 46.2 Å².